The van der Waals surface area contributed by atoms with Gasteiger partial charge in [-0.05, 0) is 30.0 Å². The molecule has 0 bridgehead atoms. The van der Waals surface area contributed by atoms with E-state index < -0.39 is 10.0 Å². The molecule has 118 valence electrons. The Labute approximate surface area is 128 Å². The molecular weight excluding hydrogens is 284 g/mol. The molecule has 0 aromatic heterocycles. The lowest BCUT2D eigenvalue weighted by molar-refractivity contribution is 0.339. The van der Waals surface area contributed by atoms with Crippen molar-refractivity contribution in [2.24, 2.45) is 5.92 Å². The molecule has 2 rings (SSSR count). The van der Waals surface area contributed by atoms with Crippen LogP contribution in [0.15, 0.2) is 23.1 Å². The van der Waals surface area contributed by atoms with Crippen molar-refractivity contribution in [1.82, 2.24) is 4.31 Å². The summed E-state index contributed by atoms with van der Waals surface area (Å²) in [6.07, 6.45) is 2.99. The lowest BCUT2D eigenvalue weighted by Crippen LogP contribution is -2.35. The Balaban J connectivity index is 2.26. The van der Waals surface area contributed by atoms with Gasteiger partial charge in [-0.25, -0.2) is 8.42 Å². The molecule has 1 aliphatic rings. The highest BCUT2D eigenvalue weighted by atomic mass is 32.2. The number of hydrogen-bond donors (Lipinski definition) is 1. The zero-order valence-electron chi connectivity index (χ0n) is 13.2. The molecule has 0 aliphatic carbocycles. The van der Waals surface area contributed by atoms with E-state index in [2.05, 4.69) is 19.2 Å². The molecule has 0 unspecified atom stereocenters. The van der Waals surface area contributed by atoms with Gasteiger partial charge in [-0.3, -0.25) is 0 Å². The van der Waals surface area contributed by atoms with Crippen LogP contribution in [-0.4, -0.2) is 32.4 Å². The first kappa shape index (κ1) is 16.3. The van der Waals surface area contributed by atoms with E-state index in [0.29, 0.717) is 23.9 Å². The van der Waals surface area contributed by atoms with Gasteiger partial charge in [0, 0.05) is 25.3 Å². The Morgan fingerprint density at radius 1 is 1.24 bits per heavy atom. The number of hydrogen-bond acceptors (Lipinski definition) is 3. The molecule has 1 aliphatic heterocycles. The topological polar surface area (TPSA) is 49.4 Å². The Hall–Kier alpha value is -1.07. The maximum absolute atomic E-state index is 12.8. The number of benzene rings is 1. The summed E-state index contributed by atoms with van der Waals surface area (Å²) in [7, 11) is -3.39. The van der Waals surface area contributed by atoms with Crippen LogP contribution in [0.2, 0.25) is 0 Å². The number of nitrogens with zero attached hydrogens (tertiary/aromatic N) is 1. The molecule has 0 fully saturated rings. The fraction of sp³-hybridized carbons (Fsp3) is 0.625. The third kappa shape index (κ3) is 3.40. The normalized spacial score (nSPS) is 14.5. The van der Waals surface area contributed by atoms with Crippen molar-refractivity contribution in [1.29, 1.82) is 0 Å². The Morgan fingerprint density at radius 2 is 1.95 bits per heavy atom. The van der Waals surface area contributed by atoms with Crippen LogP contribution in [-0.2, 0) is 16.4 Å². The average molecular weight is 310 g/mol. The summed E-state index contributed by atoms with van der Waals surface area (Å²) in [5.74, 6) is 0.423. The molecule has 1 aromatic rings. The largest absolute Gasteiger partial charge is 0.384 e. The highest BCUT2D eigenvalue weighted by molar-refractivity contribution is 7.89. The highest BCUT2D eigenvalue weighted by Crippen LogP contribution is 2.27. The van der Waals surface area contributed by atoms with Crippen LogP contribution in [0.4, 0.5) is 5.69 Å². The van der Waals surface area contributed by atoms with Crippen molar-refractivity contribution in [2.45, 2.75) is 44.9 Å². The third-order valence-corrected chi connectivity index (χ3v) is 6.33. The second-order valence-electron chi connectivity index (χ2n) is 5.63. The van der Waals surface area contributed by atoms with Gasteiger partial charge in [0.25, 0.3) is 0 Å². The van der Waals surface area contributed by atoms with Gasteiger partial charge in [0.1, 0.15) is 0 Å². The van der Waals surface area contributed by atoms with Gasteiger partial charge in [0.2, 0.25) is 10.0 Å². The van der Waals surface area contributed by atoms with E-state index in [4.69, 9.17) is 0 Å². The van der Waals surface area contributed by atoms with Crippen LogP contribution >= 0.6 is 0 Å². The summed E-state index contributed by atoms with van der Waals surface area (Å²) >= 11 is 0. The molecule has 0 amide bonds. The van der Waals surface area contributed by atoms with Gasteiger partial charge in [-0.15, -0.1) is 0 Å². The molecule has 1 N–H and O–H groups in total. The predicted molar refractivity (Wildman–Crippen MR) is 87.1 cm³/mol. The zero-order valence-corrected chi connectivity index (χ0v) is 14.0. The van der Waals surface area contributed by atoms with E-state index in [-0.39, 0.29) is 0 Å². The van der Waals surface area contributed by atoms with Crippen molar-refractivity contribution < 1.29 is 8.42 Å². The van der Waals surface area contributed by atoms with E-state index in [1.54, 1.807) is 16.4 Å². The molecular formula is C16H26N2O2S. The fourth-order valence-corrected chi connectivity index (χ4v) is 4.36. The summed E-state index contributed by atoms with van der Waals surface area (Å²) in [5.41, 5.74) is 2.17. The average Bonchev–Trinajstić information content (AvgIpc) is 2.95. The van der Waals surface area contributed by atoms with Gasteiger partial charge in [-0.2, -0.15) is 4.31 Å². The van der Waals surface area contributed by atoms with Crippen LogP contribution in [0.3, 0.4) is 0 Å². The van der Waals surface area contributed by atoms with Crippen LogP contribution in [0.1, 0.15) is 39.2 Å². The molecule has 0 atom stereocenters. The predicted octanol–water partition coefficient (Wildman–Crippen LogP) is 3.10. The quantitative estimate of drug-likeness (QED) is 0.842. The molecule has 0 saturated carbocycles. The van der Waals surface area contributed by atoms with Crippen molar-refractivity contribution in [3.63, 3.8) is 0 Å². The smallest absolute Gasteiger partial charge is 0.243 e. The minimum absolute atomic E-state index is 0.406. The van der Waals surface area contributed by atoms with Crippen LogP contribution in [0, 0.1) is 5.92 Å². The molecule has 0 spiro atoms. The summed E-state index contributed by atoms with van der Waals surface area (Å²) in [5, 5.41) is 3.25. The molecule has 0 saturated heterocycles. The first-order valence-electron chi connectivity index (χ1n) is 7.89. The minimum atomic E-state index is -3.39. The first-order chi connectivity index (χ1) is 10.0. The molecule has 21 heavy (non-hydrogen) atoms. The molecule has 0 radical (unpaired) electrons. The molecule has 1 heterocycles. The van der Waals surface area contributed by atoms with Gasteiger partial charge >= 0.3 is 0 Å². The Bertz CT molecular complexity index is 580. The lowest BCUT2D eigenvalue weighted by Gasteiger charge is -2.25. The zero-order chi connectivity index (χ0) is 15.5. The second kappa shape index (κ2) is 6.79. The van der Waals surface area contributed by atoms with Crippen LogP contribution in [0.5, 0.6) is 0 Å². The van der Waals surface area contributed by atoms with Crippen molar-refractivity contribution in [3.05, 3.63) is 23.8 Å². The van der Waals surface area contributed by atoms with Crippen LogP contribution < -0.4 is 5.32 Å². The monoisotopic (exact) mass is 310 g/mol. The van der Waals surface area contributed by atoms with Gasteiger partial charge < -0.3 is 5.32 Å². The van der Waals surface area contributed by atoms with Gasteiger partial charge in [0.15, 0.2) is 0 Å². The van der Waals surface area contributed by atoms with E-state index in [9.17, 15) is 8.42 Å². The van der Waals surface area contributed by atoms with Crippen LogP contribution in [0.25, 0.3) is 0 Å². The molecule has 4 nitrogen and oxygen atoms in total. The summed E-state index contributed by atoms with van der Waals surface area (Å²) in [4.78, 5) is 0.406. The van der Waals surface area contributed by atoms with Crippen molar-refractivity contribution in [3.8, 4) is 0 Å². The third-order valence-electron chi connectivity index (χ3n) is 4.40. The summed E-state index contributed by atoms with van der Waals surface area (Å²) < 4.78 is 27.3. The number of anilines is 1. The molecule has 5 heteroatoms. The SMILES string of the molecule is CCC(CC)CN(CC)S(=O)(=O)c1ccc2c(c1)NCC2. The second-order valence-corrected chi connectivity index (χ2v) is 7.57. The Kier molecular flexibility index (Phi) is 5.27. The standard InChI is InChI=1S/C16H26N2O2S/c1-4-13(5-2)12-18(6-3)21(19,20)15-8-7-14-9-10-17-16(14)11-15/h7-8,11,13,17H,4-6,9-10,12H2,1-3H3. The van der Waals surface area contributed by atoms with E-state index >= 15 is 0 Å². The molecule has 1 aromatic carbocycles. The van der Waals surface area contributed by atoms with Crippen molar-refractivity contribution >= 4 is 15.7 Å². The lowest BCUT2D eigenvalue weighted by atomic mass is 10.0. The fourth-order valence-electron chi connectivity index (χ4n) is 2.81. The summed E-state index contributed by atoms with van der Waals surface area (Å²) in [6.45, 7) is 8.16. The Morgan fingerprint density at radius 3 is 2.57 bits per heavy atom. The highest BCUT2D eigenvalue weighted by Gasteiger charge is 2.26. The summed E-state index contributed by atoms with van der Waals surface area (Å²) in [6, 6.07) is 5.47. The number of fused-ring (bicyclic) bond motifs is 1. The minimum Gasteiger partial charge on any atom is -0.384 e. The number of rotatable bonds is 7. The van der Waals surface area contributed by atoms with Gasteiger partial charge in [-0.1, -0.05) is 39.7 Å². The maximum atomic E-state index is 12.8. The van der Waals surface area contributed by atoms with E-state index in [1.165, 1.54) is 5.56 Å². The first-order valence-corrected chi connectivity index (χ1v) is 9.33. The van der Waals surface area contributed by atoms with E-state index in [1.807, 2.05) is 13.0 Å². The van der Waals surface area contributed by atoms with Crippen molar-refractivity contribution in [2.75, 3.05) is 25.0 Å². The maximum Gasteiger partial charge on any atom is 0.243 e. The van der Waals surface area contributed by atoms with Gasteiger partial charge in [0.05, 0.1) is 4.90 Å². The number of sulfonamides is 1. The number of nitrogens with one attached hydrogen (secondary N) is 1. The van der Waals surface area contributed by atoms with E-state index in [0.717, 1.165) is 31.5 Å².